The molecule has 1 atom stereocenters. The van der Waals surface area contributed by atoms with Crippen molar-refractivity contribution in [2.75, 3.05) is 26.3 Å². The highest BCUT2D eigenvalue weighted by atomic mass is 32.1. The van der Waals surface area contributed by atoms with Crippen molar-refractivity contribution < 1.29 is 32.0 Å². The second-order valence-electron chi connectivity index (χ2n) is 7.60. The number of nitrogens with zero attached hydrogens (tertiary/aromatic N) is 3. The Hall–Kier alpha value is -3.25. The van der Waals surface area contributed by atoms with Gasteiger partial charge >= 0.3 is 12.1 Å². The summed E-state index contributed by atoms with van der Waals surface area (Å²) in [5, 5.41) is 6.10. The first-order chi connectivity index (χ1) is 16.3. The summed E-state index contributed by atoms with van der Waals surface area (Å²) in [5.74, 6) is -2.12. The van der Waals surface area contributed by atoms with Crippen LogP contribution in [0.15, 0.2) is 47.0 Å². The first kappa shape index (κ1) is 23.9. The highest BCUT2D eigenvalue weighted by molar-refractivity contribution is 7.17. The summed E-state index contributed by atoms with van der Waals surface area (Å²) in [5.41, 5.74) is 1.08. The molecule has 3 aromatic rings. The monoisotopic (exact) mass is 494 g/mol. The molecule has 1 aromatic carbocycles. The highest BCUT2D eigenvalue weighted by Crippen LogP contribution is 2.31. The number of morpholine rings is 1. The number of halogens is 3. The number of thiophene rings is 1. The fourth-order valence-corrected chi connectivity index (χ4v) is 4.36. The molecule has 1 unspecified atom stereocenters. The molecule has 1 N–H and O–H groups in total. The molecule has 1 saturated heterocycles. The van der Waals surface area contributed by atoms with Gasteiger partial charge in [-0.2, -0.15) is 18.2 Å². The van der Waals surface area contributed by atoms with E-state index in [0.717, 1.165) is 16.9 Å². The fourth-order valence-electron chi connectivity index (χ4n) is 3.51. The van der Waals surface area contributed by atoms with Crippen LogP contribution >= 0.6 is 11.3 Å². The molecule has 12 heteroatoms. The third-order valence-corrected chi connectivity index (χ3v) is 6.32. The molecular weight excluding hydrogens is 473 g/mol. The second kappa shape index (κ2) is 10.3. The summed E-state index contributed by atoms with van der Waals surface area (Å²) < 4.78 is 47.7. The lowest BCUT2D eigenvalue weighted by molar-refractivity contribution is -0.159. The van der Waals surface area contributed by atoms with Gasteiger partial charge in [-0.05, 0) is 24.1 Å². The molecule has 34 heavy (non-hydrogen) atoms. The maximum Gasteiger partial charge on any atom is 0.471 e. The predicted molar refractivity (Wildman–Crippen MR) is 116 cm³/mol. The van der Waals surface area contributed by atoms with Gasteiger partial charge in [0.05, 0.1) is 29.0 Å². The van der Waals surface area contributed by atoms with E-state index >= 15 is 0 Å². The molecule has 1 aliphatic heterocycles. The Bertz CT molecular complexity index is 1130. The average molecular weight is 494 g/mol. The Morgan fingerprint density at radius 1 is 1.18 bits per heavy atom. The lowest BCUT2D eigenvalue weighted by Crippen LogP contribution is -2.53. The summed E-state index contributed by atoms with van der Waals surface area (Å²) in [6, 6.07) is 12.3. The Morgan fingerprint density at radius 3 is 2.71 bits per heavy atom. The van der Waals surface area contributed by atoms with E-state index in [-0.39, 0.29) is 34.1 Å². The van der Waals surface area contributed by atoms with Crippen LogP contribution in [0.5, 0.6) is 0 Å². The van der Waals surface area contributed by atoms with Crippen LogP contribution in [0.25, 0.3) is 10.7 Å². The smallest absolute Gasteiger partial charge is 0.377 e. The van der Waals surface area contributed by atoms with E-state index in [2.05, 4.69) is 20.0 Å². The zero-order chi connectivity index (χ0) is 24.1. The van der Waals surface area contributed by atoms with Crippen LogP contribution in [0, 0.1) is 0 Å². The topological polar surface area (TPSA) is 97.6 Å². The van der Waals surface area contributed by atoms with E-state index in [1.54, 1.807) is 4.90 Å². The molecule has 0 radical (unpaired) electrons. The van der Waals surface area contributed by atoms with Crippen molar-refractivity contribution in [1.82, 2.24) is 20.4 Å². The van der Waals surface area contributed by atoms with Gasteiger partial charge in [-0.3, -0.25) is 9.59 Å². The molecule has 1 fully saturated rings. The third-order valence-electron chi connectivity index (χ3n) is 5.24. The third kappa shape index (κ3) is 5.81. The van der Waals surface area contributed by atoms with Crippen molar-refractivity contribution in [2.24, 2.45) is 0 Å². The normalized spacial score (nSPS) is 16.4. The van der Waals surface area contributed by atoms with Gasteiger partial charge in [0.25, 0.3) is 5.91 Å². The summed E-state index contributed by atoms with van der Waals surface area (Å²) >= 11 is 0.941. The summed E-state index contributed by atoms with van der Waals surface area (Å²) in [6.45, 7) is 1.36. The van der Waals surface area contributed by atoms with Crippen LogP contribution in [0.1, 0.15) is 27.5 Å². The number of aromatic nitrogens is 2. The van der Waals surface area contributed by atoms with Crippen molar-refractivity contribution in [3.8, 4) is 10.7 Å². The fraction of sp³-hybridized carbons (Fsp3) is 0.364. The van der Waals surface area contributed by atoms with Gasteiger partial charge in [0.2, 0.25) is 11.7 Å². The number of hydrogen-bond acceptors (Lipinski definition) is 7. The van der Waals surface area contributed by atoms with Gasteiger partial charge < -0.3 is 19.5 Å². The van der Waals surface area contributed by atoms with Crippen molar-refractivity contribution in [1.29, 1.82) is 0 Å². The van der Waals surface area contributed by atoms with E-state index in [1.807, 2.05) is 30.3 Å². The van der Waals surface area contributed by atoms with E-state index in [9.17, 15) is 22.8 Å². The minimum Gasteiger partial charge on any atom is -0.377 e. The molecule has 8 nitrogen and oxygen atoms in total. The number of amides is 2. The van der Waals surface area contributed by atoms with Gasteiger partial charge in [-0.1, -0.05) is 35.5 Å². The second-order valence-corrected chi connectivity index (χ2v) is 8.68. The Labute approximate surface area is 196 Å². The van der Waals surface area contributed by atoms with Gasteiger partial charge in [0.1, 0.15) is 0 Å². The first-order valence-corrected chi connectivity index (χ1v) is 11.3. The molecule has 2 amide bonds. The van der Waals surface area contributed by atoms with Crippen LogP contribution < -0.4 is 5.32 Å². The average Bonchev–Trinajstić information content (AvgIpc) is 3.52. The lowest BCUT2D eigenvalue weighted by atomic mass is 10.1. The standard InChI is InChI=1S/C22H21F3N4O4S/c23-22(24,25)21-27-19(28-33-21)16-7-8-17(34-16)20(31)26-12-15-13-32-11-10-29(15)18(30)9-6-14-4-2-1-3-5-14/h1-5,7-8,15H,6,9-13H2,(H,26,31). The number of rotatable bonds is 7. The molecule has 0 saturated carbocycles. The Kier molecular flexibility index (Phi) is 7.27. The number of benzene rings is 1. The highest BCUT2D eigenvalue weighted by Gasteiger charge is 2.38. The van der Waals surface area contributed by atoms with Crippen LogP contribution in [-0.4, -0.2) is 59.2 Å². The molecule has 0 aliphatic carbocycles. The van der Waals surface area contributed by atoms with Crippen LogP contribution in [0.4, 0.5) is 13.2 Å². The minimum absolute atomic E-state index is 0.0117. The van der Waals surface area contributed by atoms with Crippen LogP contribution in [0.2, 0.25) is 0 Å². The van der Waals surface area contributed by atoms with Crippen molar-refractivity contribution in [2.45, 2.75) is 25.1 Å². The number of carbonyl (C=O) groups excluding carboxylic acids is 2. The maximum atomic E-state index is 12.8. The minimum atomic E-state index is -4.74. The van der Waals surface area contributed by atoms with E-state index in [4.69, 9.17) is 4.74 Å². The Morgan fingerprint density at radius 2 is 1.97 bits per heavy atom. The van der Waals surface area contributed by atoms with E-state index < -0.39 is 18.0 Å². The SMILES string of the molecule is O=C(NCC1COCCN1C(=O)CCc1ccccc1)c1ccc(-c2noc(C(F)(F)F)n2)s1. The maximum absolute atomic E-state index is 12.8. The van der Waals surface area contributed by atoms with E-state index in [0.29, 0.717) is 32.6 Å². The molecule has 4 rings (SSSR count). The van der Waals surface area contributed by atoms with Gasteiger partial charge in [-0.15, -0.1) is 11.3 Å². The zero-order valence-electron chi connectivity index (χ0n) is 17.9. The molecule has 2 aromatic heterocycles. The number of ether oxygens (including phenoxy) is 1. The zero-order valence-corrected chi connectivity index (χ0v) is 18.7. The summed E-state index contributed by atoms with van der Waals surface area (Å²) in [4.78, 5) is 31.0. The van der Waals surface area contributed by atoms with Gasteiger partial charge in [0, 0.05) is 19.5 Å². The number of aryl methyl sites for hydroxylation is 1. The predicted octanol–water partition coefficient (Wildman–Crippen LogP) is 3.41. The molecule has 0 spiro atoms. The summed E-state index contributed by atoms with van der Waals surface area (Å²) in [6.07, 6.45) is -3.76. The van der Waals surface area contributed by atoms with Crippen molar-refractivity contribution in [3.05, 3.63) is 58.8 Å². The summed E-state index contributed by atoms with van der Waals surface area (Å²) in [7, 11) is 0. The van der Waals surface area contributed by atoms with Gasteiger partial charge in [0.15, 0.2) is 0 Å². The van der Waals surface area contributed by atoms with Crippen molar-refractivity contribution in [3.63, 3.8) is 0 Å². The number of alkyl halides is 3. The lowest BCUT2D eigenvalue weighted by Gasteiger charge is -2.35. The van der Waals surface area contributed by atoms with E-state index in [1.165, 1.54) is 12.1 Å². The number of hydrogen-bond donors (Lipinski definition) is 1. The molecule has 1 aliphatic rings. The van der Waals surface area contributed by atoms with Crippen LogP contribution in [0.3, 0.4) is 0 Å². The molecular formula is C22H21F3N4O4S. The molecule has 0 bridgehead atoms. The van der Waals surface area contributed by atoms with Gasteiger partial charge in [-0.25, -0.2) is 0 Å². The van der Waals surface area contributed by atoms with Crippen molar-refractivity contribution >= 4 is 23.2 Å². The van der Waals surface area contributed by atoms with Crippen LogP contribution in [-0.2, 0) is 22.1 Å². The molecule has 180 valence electrons. The number of carbonyl (C=O) groups is 2. The Balaban J connectivity index is 1.33. The molecule has 3 heterocycles. The largest absolute Gasteiger partial charge is 0.471 e. The first-order valence-electron chi connectivity index (χ1n) is 10.5. The quantitative estimate of drug-likeness (QED) is 0.541. The number of nitrogens with one attached hydrogen (secondary N) is 1.